The second-order valence-electron chi connectivity index (χ2n) is 5.13. The van der Waals surface area contributed by atoms with Gasteiger partial charge in [0, 0.05) is 18.1 Å². The molecule has 2 rings (SSSR count). The molecule has 0 amide bonds. The van der Waals surface area contributed by atoms with E-state index in [9.17, 15) is 19.7 Å². The summed E-state index contributed by atoms with van der Waals surface area (Å²) < 4.78 is 0. The van der Waals surface area contributed by atoms with E-state index in [0.717, 1.165) is 19.1 Å². The summed E-state index contributed by atoms with van der Waals surface area (Å²) in [5.74, 6) is -0.335. The number of hydrogen-bond donors (Lipinski definition) is 0. The van der Waals surface area contributed by atoms with Crippen LogP contribution in [0.3, 0.4) is 0 Å². The largest absolute Gasteiger partial charge is 0.303 e. The molecule has 0 radical (unpaired) electrons. The predicted molar refractivity (Wildman–Crippen MR) is 93.2 cm³/mol. The summed E-state index contributed by atoms with van der Waals surface area (Å²) in [4.78, 5) is 32.0. The molecule has 0 aromatic heterocycles. The number of para-hydroxylation sites is 1. The fourth-order valence-electron chi connectivity index (χ4n) is 2.05. The van der Waals surface area contributed by atoms with E-state index in [1.807, 2.05) is 0 Å². The number of ketones is 1. The summed E-state index contributed by atoms with van der Waals surface area (Å²) in [7, 11) is 0. The Labute approximate surface area is 141 Å². The topological polar surface area (TPSA) is 77.3 Å². The number of rotatable bonds is 7. The van der Waals surface area contributed by atoms with Crippen LogP contribution in [0.15, 0.2) is 54.6 Å². The van der Waals surface area contributed by atoms with Crippen molar-refractivity contribution in [3.8, 4) is 0 Å². The van der Waals surface area contributed by atoms with Crippen molar-refractivity contribution in [1.82, 2.24) is 0 Å². The molecule has 0 aliphatic rings. The van der Waals surface area contributed by atoms with Gasteiger partial charge in [-0.15, -0.1) is 0 Å². The van der Waals surface area contributed by atoms with Gasteiger partial charge >= 0.3 is 0 Å². The van der Waals surface area contributed by atoms with E-state index in [2.05, 4.69) is 6.92 Å². The van der Waals surface area contributed by atoms with Crippen molar-refractivity contribution >= 4 is 17.8 Å². The zero-order chi connectivity index (χ0) is 17.8. The zero-order valence-electron chi connectivity index (χ0n) is 13.7. The summed E-state index contributed by atoms with van der Waals surface area (Å²) in [6.07, 6.45) is 5.19. The molecule has 126 valence electrons. The third-order valence-electron chi connectivity index (χ3n) is 3.31. The van der Waals surface area contributed by atoms with E-state index in [0.29, 0.717) is 5.56 Å². The van der Waals surface area contributed by atoms with Crippen LogP contribution in [-0.2, 0) is 4.79 Å². The minimum Gasteiger partial charge on any atom is -0.303 e. The second kappa shape index (κ2) is 10.8. The Hall–Kier alpha value is -2.82. The molecule has 0 N–H and O–H groups in total. The summed E-state index contributed by atoms with van der Waals surface area (Å²) in [6.45, 7) is 2.13. The molecule has 5 nitrogen and oxygen atoms in total. The average molecular weight is 327 g/mol. The van der Waals surface area contributed by atoms with Crippen LogP contribution < -0.4 is 0 Å². The van der Waals surface area contributed by atoms with E-state index in [1.165, 1.54) is 25.0 Å². The lowest BCUT2D eigenvalue weighted by molar-refractivity contribution is -0.385. The van der Waals surface area contributed by atoms with Crippen molar-refractivity contribution in [2.24, 2.45) is 0 Å². The molecule has 5 heteroatoms. The number of nitrogens with zero attached hydrogens (tertiary/aromatic N) is 1. The highest BCUT2D eigenvalue weighted by Gasteiger charge is 2.19. The maximum Gasteiger partial charge on any atom is 0.280 e. The first-order chi connectivity index (χ1) is 11.6. The third-order valence-corrected chi connectivity index (χ3v) is 3.31. The van der Waals surface area contributed by atoms with Gasteiger partial charge in [-0.25, -0.2) is 0 Å². The number of aldehydes is 1. The lowest BCUT2D eigenvalue weighted by Crippen LogP contribution is -2.04. The van der Waals surface area contributed by atoms with E-state index >= 15 is 0 Å². The summed E-state index contributed by atoms with van der Waals surface area (Å²) in [6, 6.07) is 14.5. The lowest BCUT2D eigenvalue weighted by atomic mass is 10.0. The van der Waals surface area contributed by atoms with Gasteiger partial charge in [-0.2, -0.15) is 0 Å². The Morgan fingerprint density at radius 2 is 1.67 bits per heavy atom. The maximum atomic E-state index is 12.1. The summed E-state index contributed by atoms with van der Waals surface area (Å²) in [5, 5.41) is 10.8. The minimum absolute atomic E-state index is 0.115. The van der Waals surface area contributed by atoms with E-state index in [1.54, 1.807) is 42.5 Å². The molecule has 0 bridgehead atoms. The SMILES string of the molecule is CCCCCC=O.O=C(c1ccccc1)c1ccccc1[N+](=O)[O-]. The molecule has 0 saturated heterocycles. The van der Waals surface area contributed by atoms with Crippen LogP contribution in [0.5, 0.6) is 0 Å². The second-order valence-corrected chi connectivity index (χ2v) is 5.13. The van der Waals surface area contributed by atoms with Crippen molar-refractivity contribution in [2.45, 2.75) is 32.6 Å². The molecule has 24 heavy (non-hydrogen) atoms. The quantitative estimate of drug-likeness (QED) is 0.245. The highest BCUT2D eigenvalue weighted by atomic mass is 16.6. The standard InChI is InChI=1S/C13H9NO3.C6H12O/c15-13(10-6-2-1-3-7-10)11-8-4-5-9-12(11)14(16)17;1-2-3-4-5-6-7/h1-9H;6H,2-5H2,1H3. The highest BCUT2D eigenvalue weighted by molar-refractivity contribution is 6.11. The molecule has 0 unspecified atom stereocenters. The van der Waals surface area contributed by atoms with E-state index < -0.39 is 4.92 Å². The Morgan fingerprint density at radius 3 is 2.25 bits per heavy atom. The Bertz CT molecular complexity index is 668. The number of carbonyl (C=O) groups is 2. The third kappa shape index (κ3) is 6.12. The number of carbonyl (C=O) groups excluding carboxylic acids is 2. The van der Waals surface area contributed by atoms with E-state index in [-0.39, 0.29) is 17.0 Å². The molecule has 0 spiro atoms. The maximum absolute atomic E-state index is 12.1. The molecule has 0 heterocycles. The average Bonchev–Trinajstić information content (AvgIpc) is 2.63. The number of unbranched alkanes of at least 4 members (excludes halogenated alkanes) is 3. The first kappa shape index (κ1) is 19.2. The van der Waals surface area contributed by atoms with Crippen LogP contribution >= 0.6 is 0 Å². The summed E-state index contributed by atoms with van der Waals surface area (Å²) in [5.41, 5.74) is 0.395. The molecule has 0 saturated carbocycles. The summed E-state index contributed by atoms with van der Waals surface area (Å²) >= 11 is 0. The van der Waals surface area contributed by atoms with Crippen LogP contribution in [0, 0.1) is 10.1 Å². The molecule has 0 aliphatic carbocycles. The monoisotopic (exact) mass is 327 g/mol. The van der Waals surface area contributed by atoms with Gasteiger partial charge in [0.05, 0.1) is 4.92 Å². The molecular weight excluding hydrogens is 306 g/mol. The lowest BCUT2D eigenvalue weighted by Gasteiger charge is -2.01. The van der Waals surface area contributed by atoms with Crippen molar-refractivity contribution in [3.05, 3.63) is 75.8 Å². The van der Waals surface area contributed by atoms with Crippen molar-refractivity contribution in [2.75, 3.05) is 0 Å². The van der Waals surface area contributed by atoms with Gasteiger partial charge in [-0.3, -0.25) is 14.9 Å². The van der Waals surface area contributed by atoms with Crippen molar-refractivity contribution in [3.63, 3.8) is 0 Å². The Morgan fingerprint density at radius 1 is 1.04 bits per heavy atom. The highest BCUT2D eigenvalue weighted by Crippen LogP contribution is 2.20. The van der Waals surface area contributed by atoms with Gasteiger partial charge in [0.2, 0.25) is 0 Å². The molecule has 0 atom stereocenters. The molecule has 2 aromatic rings. The van der Waals surface area contributed by atoms with Crippen molar-refractivity contribution in [1.29, 1.82) is 0 Å². The normalized spacial score (nSPS) is 9.54. The molecule has 0 aliphatic heterocycles. The van der Waals surface area contributed by atoms with Crippen LogP contribution in [0.4, 0.5) is 5.69 Å². The number of hydrogen-bond acceptors (Lipinski definition) is 4. The van der Waals surface area contributed by atoms with Gasteiger partial charge in [0.15, 0.2) is 5.78 Å². The first-order valence-corrected chi connectivity index (χ1v) is 7.88. The fourth-order valence-corrected chi connectivity index (χ4v) is 2.05. The zero-order valence-corrected chi connectivity index (χ0v) is 13.7. The van der Waals surface area contributed by atoms with Crippen LogP contribution in [0.1, 0.15) is 48.5 Å². The van der Waals surface area contributed by atoms with Gasteiger partial charge < -0.3 is 4.79 Å². The fraction of sp³-hybridized carbons (Fsp3) is 0.263. The number of nitro groups is 1. The minimum atomic E-state index is -0.545. The van der Waals surface area contributed by atoms with Crippen LogP contribution in [0.25, 0.3) is 0 Å². The molecule has 2 aromatic carbocycles. The molecule has 0 fully saturated rings. The first-order valence-electron chi connectivity index (χ1n) is 7.88. The van der Waals surface area contributed by atoms with Gasteiger partial charge in [0.25, 0.3) is 5.69 Å². The van der Waals surface area contributed by atoms with Gasteiger partial charge in [0.1, 0.15) is 11.8 Å². The Balaban J connectivity index is 0.000000351. The van der Waals surface area contributed by atoms with Crippen LogP contribution in [0.2, 0.25) is 0 Å². The Kier molecular flexibility index (Phi) is 8.68. The number of nitro benzene ring substituents is 1. The number of benzene rings is 2. The van der Waals surface area contributed by atoms with E-state index in [4.69, 9.17) is 0 Å². The van der Waals surface area contributed by atoms with Crippen molar-refractivity contribution < 1.29 is 14.5 Å². The van der Waals surface area contributed by atoms with Gasteiger partial charge in [-0.05, 0) is 12.5 Å². The van der Waals surface area contributed by atoms with Gasteiger partial charge in [-0.1, -0.05) is 62.2 Å². The smallest absolute Gasteiger partial charge is 0.280 e. The predicted octanol–water partition coefficient (Wildman–Crippen LogP) is 4.59. The van der Waals surface area contributed by atoms with Crippen LogP contribution in [-0.4, -0.2) is 17.0 Å². The molecular formula is C19H21NO4.